The molecule has 4 nitrogen and oxygen atoms in total. The van der Waals surface area contributed by atoms with Crippen molar-refractivity contribution in [1.82, 2.24) is 5.32 Å². The normalized spacial score (nSPS) is 12.1. The van der Waals surface area contributed by atoms with Gasteiger partial charge in [0.25, 0.3) is 0 Å². The van der Waals surface area contributed by atoms with E-state index in [4.69, 9.17) is 21.1 Å². The number of fused-ring (bicyclic) bond motifs is 1. The van der Waals surface area contributed by atoms with E-state index >= 15 is 0 Å². The number of benzene rings is 3. The number of carbonyl (C=O) groups excluding carboxylic acids is 1. The smallest absolute Gasteiger partial charge is 0.217 e. The van der Waals surface area contributed by atoms with Crippen LogP contribution in [0.15, 0.2) is 54.6 Å². The molecule has 3 rings (SSSR count). The van der Waals surface area contributed by atoms with Crippen LogP contribution in [-0.4, -0.2) is 12.5 Å². The molecule has 0 aromatic heterocycles. The molecule has 1 atom stereocenters. The van der Waals surface area contributed by atoms with Gasteiger partial charge < -0.3 is 14.8 Å². The number of ether oxygens (including phenoxy) is 2. The summed E-state index contributed by atoms with van der Waals surface area (Å²) in [6.45, 7) is 8.33. The van der Waals surface area contributed by atoms with Gasteiger partial charge in [0.2, 0.25) is 5.91 Å². The average Bonchev–Trinajstić information content (AvgIpc) is 2.67. The van der Waals surface area contributed by atoms with Crippen molar-refractivity contribution >= 4 is 28.3 Å². The van der Waals surface area contributed by atoms with Crippen molar-refractivity contribution < 1.29 is 14.3 Å². The van der Waals surface area contributed by atoms with E-state index in [0.717, 1.165) is 22.1 Å². The molecular formula is C24H26ClNO3. The van der Waals surface area contributed by atoms with E-state index in [1.54, 1.807) is 6.07 Å². The quantitative estimate of drug-likeness (QED) is 0.481. The predicted molar refractivity (Wildman–Crippen MR) is 118 cm³/mol. The van der Waals surface area contributed by atoms with Gasteiger partial charge in [-0.3, -0.25) is 4.79 Å². The standard InChI is InChI=1S/C24H26ClNO3/c1-15(2)14-28-21-9-10-24(23(25)13-21)29-22-8-7-19-11-18(5-6-20(19)12-22)16(3)26-17(4)27/h5-13,15-16H,14H2,1-4H3,(H,26,27). The Labute approximate surface area is 176 Å². The Morgan fingerprint density at radius 2 is 1.66 bits per heavy atom. The first kappa shape index (κ1) is 21.0. The van der Waals surface area contributed by atoms with E-state index in [2.05, 4.69) is 25.2 Å². The van der Waals surface area contributed by atoms with Gasteiger partial charge in [-0.05, 0) is 59.5 Å². The summed E-state index contributed by atoms with van der Waals surface area (Å²) in [5, 5.41) is 5.54. The van der Waals surface area contributed by atoms with Crippen molar-refractivity contribution in [1.29, 1.82) is 0 Å². The molecule has 0 spiro atoms. The van der Waals surface area contributed by atoms with Crippen LogP contribution in [0.3, 0.4) is 0 Å². The van der Waals surface area contributed by atoms with Crippen molar-refractivity contribution in [3.05, 3.63) is 65.2 Å². The molecule has 0 bridgehead atoms. The fourth-order valence-electron chi connectivity index (χ4n) is 3.01. The van der Waals surface area contributed by atoms with Crippen LogP contribution in [0.1, 0.15) is 39.3 Å². The molecule has 29 heavy (non-hydrogen) atoms. The predicted octanol–water partition coefficient (Wildman–Crippen LogP) is 6.52. The fourth-order valence-corrected chi connectivity index (χ4v) is 3.22. The Bertz CT molecular complexity index is 1020. The first-order valence-electron chi connectivity index (χ1n) is 9.73. The molecule has 0 aliphatic rings. The summed E-state index contributed by atoms with van der Waals surface area (Å²) in [5.41, 5.74) is 1.06. The van der Waals surface area contributed by atoms with Crippen molar-refractivity contribution in [3.63, 3.8) is 0 Å². The van der Waals surface area contributed by atoms with Crippen LogP contribution < -0.4 is 14.8 Å². The minimum absolute atomic E-state index is 0.0388. The second-order valence-corrected chi connectivity index (χ2v) is 8.00. The number of rotatable bonds is 7. The van der Waals surface area contributed by atoms with Crippen LogP contribution in [0.5, 0.6) is 17.2 Å². The van der Waals surface area contributed by atoms with Gasteiger partial charge in [0.1, 0.15) is 17.2 Å². The highest BCUT2D eigenvalue weighted by Gasteiger charge is 2.09. The number of amides is 1. The highest BCUT2D eigenvalue weighted by molar-refractivity contribution is 6.32. The van der Waals surface area contributed by atoms with Gasteiger partial charge in [-0.25, -0.2) is 0 Å². The molecule has 0 radical (unpaired) electrons. The summed E-state index contributed by atoms with van der Waals surface area (Å²) in [6, 6.07) is 17.4. The topological polar surface area (TPSA) is 47.6 Å². The summed E-state index contributed by atoms with van der Waals surface area (Å²) in [5.74, 6) is 2.43. The zero-order valence-corrected chi connectivity index (χ0v) is 17.9. The Kier molecular flexibility index (Phi) is 6.65. The van der Waals surface area contributed by atoms with Crippen LogP contribution >= 0.6 is 11.6 Å². The van der Waals surface area contributed by atoms with Crippen molar-refractivity contribution in [3.8, 4) is 17.2 Å². The van der Waals surface area contributed by atoms with Gasteiger partial charge in [0.15, 0.2) is 0 Å². The van der Waals surface area contributed by atoms with Crippen LogP contribution in [0.4, 0.5) is 0 Å². The number of nitrogens with one attached hydrogen (secondary N) is 1. The highest BCUT2D eigenvalue weighted by atomic mass is 35.5. The minimum atomic E-state index is -0.0427. The molecule has 0 saturated heterocycles. The van der Waals surface area contributed by atoms with Crippen LogP contribution in [-0.2, 0) is 4.79 Å². The molecule has 1 amide bonds. The van der Waals surface area contributed by atoms with Crippen molar-refractivity contribution in [2.45, 2.75) is 33.7 Å². The number of hydrogen-bond donors (Lipinski definition) is 1. The molecule has 0 saturated carbocycles. The molecule has 1 N–H and O–H groups in total. The number of halogens is 1. The Balaban J connectivity index is 1.76. The second-order valence-electron chi connectivity index (χ2n) is 7.59. The second kappa shape index (κ2) is 9.19. The lowest BCUT2D eigenvalue weighted by atomic mass is 10.0. The minimum Gasteiger partial charge on any atom is -0.493 e. The van der Waals surface area contributed by atoms with E-state index in [9.17, 15) is 4.79 Å². The third-order valence-corrected chi connectivity index (χ3v) is 4.77. The van der Waals surface area contributed by atoms with E-state index in [-0.39, 0.29) is 11.9 Å². The Morgan fingerprint density at radius 1 is 0.966 bits per heavy atom. The van der Waals surface area contributed by atoms with Crippen LogP contribution in [0.2, 0.25) is 5.02 Å². The summed E-state index contributed by atoms with van der Waals surface area (Å²) < 4.78 is 11.7. The van der Waals surface area contributed by atoms with Crippen LogP contribution in [0.25, 0.3) is 10.8 Å². The molecule has 0 fully saturated rings. The molecular weight excluding hydrogens is 386 g/mol. The van der Waals surface area contributed by atoms with Crippen molar-refractivity contribution in [2.75, 3.05) is 6.61 Å². The maximum Gasteiger partial charge on any atom is 0.217 e. The van der Waals surface area contributed by atoms with Crippen LogP contribution in [0, 0.1) is 5.92 Å². The monoisotopic (exact) mass is 411 g/mol. The lowest BCUT2D eigenvalue weighted by Gasteiger charge is -2.14. The Hall–Kier alpha value is -2.72. The summed E-state index contributed by atoms with van der Waals surface area (Å²) in [6.07, 6.45) is 0. The summed E-state index contributed by atoms with van der Waals surface area (Å²) >= 11 is 6.37. The average molecular weight is 412 g/mol. The molecule has 0 heterocycles. The van der Waals surface area contributed by atoms with Gasteiger partial charge in [-0.2, -0.15) is 0 Å². The maximum atomic E-state index is 11.3. The first-order chi connectivity index (χ1) is 13.8. The largest absolute Gasteiger partial charge is 0.493 e. The molecule has 0 aliphatic carbocycles. The molecule has 152 valence electrons. The fraction of sp³-hybridized carbons (Fsp3) is 0.292. The summed E-state index contributed by atoms with van der Waals surface area (Å²) in [7, 11) is 0. The lowest BCUT2D eigenvalue weighted by Crippen LogP contribution is -2.23. The molecule has 5 heteroatoms. The van der Waals surface area contributed by atoms with Gasteiger partial charge in [0, 0.05) is 13.0 Å². The molecule has 3 aromatic carbocycles. The third-order valence-electron chi connectivity index (χ3n) is 4.47. The maximum absolute atomic E-state index is 11.3. The van der Waals surface area contributed by atoms with Gasteiger partial charge in [-0.1, -0.05) is 43.6 Å². The van der Waals surface area contributed by atoms with E-state index in [0.29, 0.717) is 29.0 Å². The number of carbonyl (C=O) groups is 1. The van der Waals surface area contributed by atoms with E-state index in [1.807, 2.05) is 49.4 Å². The first-order valence-corrected chi connectivity index (χ1v) is 10.1. The third kappa shape index (κ3) is 5.64. The van der Waals surface area contributed by atoms with E-state index < -0.39 is 0 Å². The zero-order valence-electron chi connectivity index (χ0n) is 17.2. The molecule has 3 aromatic rings. The molecule has 0 aliphatic heterocycles. The highest BCUT2D eigenvalue weighted by Crippen LogP contribution is 2.34. The lowest BCUT2D eigenvalue weighted by molar-refractivity contribution is -0.119. The number of hydrogen-bond acceptors (Lipinski definition) is 3. The van der Waals surface area contributed by atoms with Gasteiger partial charge >= 0.3 is 0 Å². The molecule has 1 unspecified atom stereocenters. The summed E-state index contributed by atoms with van der Waals surface area (Å²) in [4.78, 5) is 11.3. The van der Waals surface area contributed by atoms with E-state index in [1.165, 1.54) is 6.92 Å². The Morgan fingerprint density at radius 3 is 2.34 bits per heavy atom. The van der Waals surface area contributed by atoms with Crippen molar-refractivity contribution in [2.24, 2.45) is 5.92 Å². The van der Waals surface area contributed by atoms with Gasteiger partial charge in [0.05, 0.1) is 17.7 Å². The SMILES string of the molecule is CC(=O)NC(C)c1ccc2cc(Oc3ccc(OCC(C)C)cc3Cl)ccc2c1. The zero-order chi connectivity index (χ0) is 21.0. The van der Waals surface area contributed by atoms with Gasteiger partial charge in [-0.15, -0.1) is 0 Å².